The number of unbranched alkanes of at least 4 members (excludes halogenated alkanes) is 1. The summed E-state index contributed by atoms with van der Waals surface area (Å²) in [5, 5.41) is 7.11. The quantitative estimate of drug-likeness (QED) is 0.742. The second-order valence-corrected chi connectivity index (χ2v) is 4.21. The van der Waals surface area contributed by atoms with Gasteiger partial charge in [0.2, 0.25) is 5.91 Å². The molecule has 1 aromatic heterocycles. The third-order valence-electron chi connectivity index (χ3n) is 2.00. The number of carbonyl (C=O) groups is 1. The van der Waals surface area contributed by atoms with Gasteiger partial charge in [0.05, 0.1) is 5.75 Å². The summed E-state index contributed by atoms with van der Waals surface area (Å²) in [7, 11) is 1.83. The third kappa shape index (κ3) is 4.33. The highest BCUT2D eigenvalue weighted by Gasteiger charge is 2.09. The largest absolute Gasteiger partial charge is 0.345 e. The summed E-state index contributed by atoms with van der Waals surface area (Å²) in [6.45, 7) is 2.94. The number of nitrogens with one attached hydrogen (secondary N) is 1. The number of amides is 1. The molecule has 84 valence electrons. The molecule has 0 aromatic carbocycles. The molecule has 0 atom stereocenters. The Morgan fingerprint density at radius 3 is 3.07 bits per heavy atom. The van der Waals surface area contributed by atoms with Crippen molar-refractivity contribution in [3.8, 4) is 0 Å². The van der Waals surface area contributed by atoms with Gasteiger partial charge in [0.1, 0.15) is 6.33 Å². The van der Waals surface area contributed by atoms with Crippen molar-refractivity contribution in [2.45, 2.75) is 24.9 Å². The van der Waals surface area contributed by atoms with E-state index in [9.17, 15) is 4.79 Å². The van der Waals surface area contributed by atoms with Crippen LogP contribution in [0.3, 0.4) is 0 Å². The number of thioether (sulfide) groups is 1. The highest BCUT2D eigenvalue weighted by molar-refractivity contribution is 7.99. The van der Waals surface area contributed by atoms with Gasteiger partial charge in [0, 0.05) is 13.6 Å². The van der Waals surface area contributed by atoms with Gasteiger partial charge < -0.3 is 4.90 Å². The van der Waals surface area contributed by atoms with Gasteiger partial charge in [-0.05, 0) is 6.42 Å². The molecule has 0 unspecified atom stereocenters. The molecule has 1 heterocycles. The minimum absolute atomic E-state index is 0.129. The molecular formula is C9H16N4OS. The molecule has 15 heavy (non-hydrogen) atoms. The van der Waals surface area contributed by atoms with Gasteiger partial charge in [-0.2, -0.15) is 5.10 Å². The first-order chi connectivity index (χ1) is 7.24. The van der Waals surface area contributed by atoms with Gasteiger partial charge in [-0.15, -0.1) is 0 Å². The zero-order chi connectivity index (χ0) is 11.1. The molecule has 0 aliphatic carbocycles. The number of hydrogen-bond donors (Lipinski definition) is 1. The van der Waals surface area contributed by atoms with Crippen molar-refractivity contribution in [2.75, 3.05) is 19.3 Å². The van der Waals surface area contributed by atoms with E-state index in [0.29, 0.717) is 10.9 Å². The average molecular weight is 228 g/mol. The van der Waals surface area contributed by atoms with Crippen molar-refractivity contribution in [1.82, 2.24) is 20.1 Å². The van der Waals surface area contributed by atoms with Crippen molar-refractivity contribution in [3.05, 3.63) is 6.33 Å². The van der Waals surface area contributed by atoms with Crippen LogP contribution in [0, 0.1) is 0 Å². The van der Waals surface area contributed by atoms with Crippen LogP contribution in [0.5, 0.6) is 0 Å². The fourth-order valence-electron chi connectivity index (χ4n) is 1.02. The molecule has 1 amide bonds. The van der Waals surface area contributed by atoms with E-state index in [1.54, 1.807) is 4.90 Å². The van der Waals surface area contributed by atoms with E-state index in [4.69, 9.17) is 0 Å². The van der Waals surface area contributed by atoms with Crippen LogP contribution in [0.1, 0.15) is 19.8 Å². The maximum atomic E-state index is 11.6. The molecule has 0 radical (unpaired) electrons. The Kier molecular flexibility index (Phi) is 5.17. The lowest BCUT2D eigenvalue weighted by Gasteiger charge is -2.15. The molecule has 5 nitrogen and oxygen atoms in total. The molecule has 0 fully saturated rings. The maximum absolute atomic E-state index is 11.6. The Bertz CT molecular complexity index is 288. The first-order valence-corrected chi connectivity index (χ1v) is 5.94. The third-order valence-corrected chi connectivity index (χ3v) is 2.86. The zero-order valence-electron chi connectivity index (χ0n) is 9.06. The number of carbonyl (C=O) groups excluding carboxylic acids is 1. The van der Waals surface area contributed by atoms with E-state index in [2.05, 4.69) is 22.1 Å². The van der Waals surface area contributed by atoms with Crippen LogP contribution in [0.25, 0.3) is 0 Å². The van der Waals surface area contributed by atoms with Crippen molar-refractivity contribution < 1.29 is 4.79 Å². The summed E-state index contributed by atoms with van der Waals surface area (Å²) in [6, 6.07) is 0. The monoisotopic (exact) mass is 228 g/mol. The van der Waals surface area contributed by atoms with Crippen LogP contribution in [0.15, 0.2) is 11.5 Å². The Morgan fingerprint density at radius 2 is 2.47 bits per heavy atom. The number of aromatic nitrogens is 3. The van der Waals surface area contributed by atoms with Crippen molar-refractivity contribution in [2.24, 2.45) is 0 Å². The zero-order valence-corrected chi connectivity index (χ0v) is 9.88. The predicted octanol–water partition coefficient (Wildman–Crippen LogP) is 1.16. The summed E-state index contributed by atoms with van der Waals surface area (Å²) in [5.41, 5.74) is 0. The van der Waals surface area contributed by atoms with Gasteiger partial charge in [0.15, 0.2) is 5.16 Å². The van der Waals surface area contributed by atoms with Crippen LogP contribution >= 0.6 is 11.8 Å². The lowest BCUT2D eigenvalue weighted by Crippen LogP contribution is -2.29. The van der Waals surface area contributed by atoms with Crippen molar-refractivity contribution >= 4 is 17.7 Å². The highest BCUT2D eigenvalue weighted by atomic mass is 32.2. The molecular weight excluding hydrogens is 212 g/mol. The minimum atomic E-state index is 0.129. The Hall–Kier alpha value is -1.04. The normalized spacial score (nSPS) is 10.3. The summed E-state index contributed by atoms with van der Waals surface area (Å²) in [5.74, 6) is 0.542. The van der Waals surface area contributed by atoms with Crippen LogP contribution in [-0.4, -0.2) is 45.3 Å². The summed E-state index contributed by atoms with van der Waals surface area (Å²) >= 11 is 1.38. The molecule has 1 N–H and O–H groups in total. The number of aromatic amines is 1. The number of rotatable bonds is 6. The van der Waals surface area contributed by atoms with Crippen LogP contribution in [-0.2, 0) is 4.79 Å². The highest BCUT2D eigenvalue weighted by Crippen LogP contribution is 2.11. The van der Waals surface area contributed by atoms with E-state index in [-0.39, 0.29) is 5.91 Å². The van der Waals surface area contributed by atoms with E-state index in [1.807, 2.05) is 7.05 Å². The van der Waals surface area contributed by atoms with Gasteiger partial charge >= 0.3 is 0 Å². The fraction of sp³-hybridized carbons (Fsp3) is 0.667. The molecule has 0 spiro atoms. The summed E-state index contributed by atoms with van der Waals surface area (Å²) in [4.78, 5) is 17.3. The molecule has 1 rings (SSSR count). The lowest BCUT2D eigenvalue weighted by atomic mass is 10.3. The first-order valence-electron chi connectivity index (χ1n) is 4.96. The van der Waals surface area contributed by atoms with Crippen LogP contribution < -0.4 is 0 Å². The molecule has 0 bridgehead atoms. The smallest absolute Gasteiger partial charge is 0.232 e. The molecule has 0 aliphatic rings. The number of H-pyrrole nitrogens is 1. The van der Waals surface area contributed by atoms with E-state index < -0.39 is 0 Å². The molecule has 1 aromatic rings. The van der Waals surface area contributed by atoms with Gasteiger partial charge in [-0.1, -0.05) is 25.1 Å². The Balaban J connectivity index is 2.23. The topological polar surface area (TPSA) is 61.9 Å². The summed E-state index contributed by atoms with van der Waals surface area (Å²) < 4.78 is 0. The standard InChI is InChI=1S/C9H16N4OS/c1-3-4-5-13(2)8(14)6-15-9-10-7-11-12-9/h7H,3-6H2,1-2H3,(H,10,11,12). The Labute approximate surface area is 93.6 Å². The minimum Gasteiger partial charge on any atom is -0.345 e. The van der Waals surface area contributed by atoms with Gasteiger partial charge in [-0.25, -0.2) is 4.98 Å². The van der Waals surface area contributed by atoms with E-state index in [0.717, 1.165) is 19.4 Å². The second kappa shape index (κ2) is 6.44. The van der Waals surface area contributed by atoms with Crippen molar-refractivity contribution in [3.63, 3.8) is 0 Å². The average Bonchev–Trinajstić information content (AvgIpc) is 2.75. The van der Waals surface area contributed by atoms with Gasteiger partial charge in [-0.3, -0.25) is 9.89 Å². The number of nitrogens with zero attached hydrogens (tertiary/aromatic N) is 3. The van der Waals surface area contributed by atoms with E-state index >= 15 is 0 Å². The van der Waals surface area contributed by atoms with Crippen molar-refractivity contribution in [1.29, 1.82) is 0 Å². The fourth-order valence-corrected chi connectivity index (χ4v) is 1.74. The van der Waals surface area contributed by atoms with Crippen LogP contribution in [0.4, 0.5) is 0 Å². The SMILES string of the molecule is CCCCN(C)C(=O)CSc1ncn[nH]1. The lowest BCUT2D eigenvalue weighted by molar-refractivity contribution is -0.127. The molecule has 0 aliphatic heterocycles. The first kappa shape index (κ1) is 12.0. The Morgan fingerprint density at radius 1 is 1.67 bits per heavy atom. The second-order valence-electron chi connectivity index (χ2n) is 3.25. The number of hydrogen-bond acceptors (Lipinski definition) is 4. The molecule has 0 saturated heterocycles. The molecule has 6 heteroatoms. The van der Waals surface area contributed by atoms with Crippen LogP contribution in [0.2, 0.25) is 0 Å². The molecule has 0 saturated carbocycles. The summed E-state index contributed by atoms with van der Waals surface area (Å²) in [6.07, 6.45) is 3.59. The van der Waals surface area contributed by atoms with E-state index in [1.165, 1.54) is 18.1 Å². The van der Waals surface area contributed by atoms with Gasteiger partial charge in [0.25, 0.3) is 0 Å². The predicted molar refractivity (Wildman–Crippen MR) is 59.7 cm³/mol. The maximum Gasteiger partial charge on any atom is 0.232 e.